The Bertz CT molecular complexity index is 956. The molecule has 0 saturated carbocycles. The summed E-state index contributed by atoms with van der Waals surface area (Å²) in [5.41, 5.74) is 5.35. The molecule has 0 amide bonds. The minimum Gasteiger partial charge on any atom is -0.462 e. The molecule has 0 bridgehead atoms. The molecule has 2 aromatic rings. The van der Waals surface area contributed by atoms with Crippen molar-refractivity contribution in [1.82, 2.24) is 0 Å². The van der Waals surface area contributed by atoms with E-state index in [2.05, 4.69) is 5.73 Å². The number of carbonyl (C=O) groups excluding carboxylic acids is 1. The number of benzene rings is 2. The third-order valence-corrected chi connectivity index (χ3v) is 4.36. The average molecular weight is 387 g/mol. The van der Waals surface area contributed by atoms with E-state index >= 15 is 0 Å². The summed E-state index contributed by atoms with van der Waals surface area (Å²) in [5.74, 6) is -0.439. The molecule has 2 aromatic carbocycles. The van der Waals surface area contributed by atoms with E-state index in [0.717, 1.165) is 24.3 Å². The van der Waals surface area contributed by atoms with Gasteiger partial charge in [0.1, 0.15) is 0 Å². The maximum Gasteiger partial charge on any atom is 0.416 e. The molecule has 0 N–H and O–H groups in total. The van der Waals surface area contributed by atoms with Crippen LogP contribution in [-0.2, 0) is 10.9 Å². The SMILES string of the molecule is CCCC1=C=Cc2cc(C(F)(F)F)ccc2N1c1cccc(C(=O)OCC)c1. The highest BCUT2D eigenvalue weighted by Gasteiger charge is 2.32. The number of hydrogen-bond acceptors (Lipinski definition) is 3. The zero-order valence-electron chi connectivity index (χ0n) is 15.6. The van der Waals surface area contributed by atoms with Crippen molar-refractivity contribution >= 4 is 23.4 Å². The first-order chi connectivity index (χ1) is 13.3. The number of ether oxygens (including phenoxy) is 1. The number of rotatable bonds is 5. The molecule has 1 aliphatic rings. The Hall–Kier alpha value is -2.98. The summed E-state index contributed by atoms with van der Waals surface area (Å²) < 4.78 is 44.3. The maximum absolute atomic E-state index is 13.1. The summed E-state index contributed by atoms with van der Waals surface area (Å²) in [7, 11) is 0. The van der Waals surface area contributed by atoms with Crippen LogP contribution in [0, 0.1) is 0 Å². The quantitative estimate of drug-likeness (QED) is 0.443. The van der Waals surface area contributed by atoms with Gasteiger partial charge in [0.25, 0.3) is 0 Å². The van der Waals surface area contributed by atoms with Crippen molar-refractivity contribution in [3.05, 3.63) is 70.6 Å². The molecule has 28 heavy (non-hydrogen) atoms. The van der Waals surface area contributed by atoms with Crippen LogP contribution in [0.15, 0.2) is 53.9 Å². The molecule has 0 aromatic heterocycles. The van der Waals surface area contributed by atoms with Gasteiger partial charge in [-0.3, -0.25) is 0 Å². The Morgan fingerprint density at radius 2 is 1.93 bits per heavy atom. The molecule has 0 aliphatic carbocycles. The zero-order chi connectivity index (χ0) is 20.3. The van der Waals surface area contributed by atoms with Gasteiger partial charge < -0.3 is 9.64 Å². The van der Waals surface area contributed by atoms with Gasteiger partial charge in [0.05, 0.1) is 29.1 Å². The topological polar surface area (TPSA) is 29.5 Å². The van der Waals surface area contributed by atoms with Crippen molar-refractivity contribution in [2.24, 2.45) is 0 Å². The summed E-state index contributed by atoms with van der Waals surface area (Å²) in [6, 6.07) is 10.5. The van der Waals surface area contributed by atoms with Crippen molar-refractivity contribution in [2.75, 3.05) is 11.5 Å². The van der Waals surface area contributed by atoms with Crippen LogP contribution in [0.2, 0.25) is 0 Å². The Balaban J connectivity index is 2.11. The first-order valence-corrected chi connectivity index (χ1v) is 9.09. The van der Waals surface area contributed by atoms with Crippen LogP contribution >= 0.6 is 0 Å². The first-order valence-electron chi connectivity index (χ1n) is 9.09. The normalized spacial score (nSPS) is 13.2. The lowest BCUT2D eigenvalue weighted by molar-refractivity contribution is -0.137. The monoisotopic (exact) mass is 387 g/mol. The lowest BCUT2D eigenvalue weighted by Gasteiger charge is -2.30. The van der Waals surface area contributed by atoms with E-state index in [1.807, 2.05) is 17.9 Å². The van der Waals surface area contributed by atoms with Gasteiger partial charge in [-0.15, -0.1) is 0 Å². The van der Waals surface area contributed by atoms with Gasteiger partial charge in [-0.05, 0) is 55.8 Å². The van der Waals surface area contributed by atoms with Gasteiger partial charge in [0.15, 0.2) is 0 Å². The molecule has 0 saturated heterocycles. The summed E-state index contributed by atoms with van der Waals surface area (Å²) in [6.45, 7) is 4.01. The van der Waals surface area contributed by atoms with Crippen molar-refractivity contribution < 1.29 is 22.7 Å². The predicted molar refractivity (Wildman–Crippen MR) is 102 cm³/mol. The molecule has 1 aliphatic heterocycles. The van der Waals surface area contributed by atoms with Crippen LogP contribution < -0.4 is 4.90 Å². The van der Waals surface area contributed by atoms with Gasteiger partial charge in [-0.2, -0.15) is 13.2 Å². The lowest BCUT2D eigenvalue weighted by atomic mass is 10.0. The first kappa shape index (κ1) is 19.8. The van der Waals surface area contributed by atoms with Crippen molar-refractivity contribution in [1.29, 1.82) is 0 Å². The van der Waals surface area contributed by atoms with Gasteiger partial charge in [0, 0.05) is 11.3 Å². The predicted octanol–water partition coefficient (Wildman–Crippen LogP) is 6.33. The average Bonchev–Trinajstić information content (AvgIpc) is 2.67. The fraction of sp³-hybridized carbons (Fsp3) is 0.273. The van der Waals surface area contributed by atoms with E-state index in [9.17, 15) is 18.0 Å². The van der Waals surface area contributed by atoms with Gasteiger partial charge in [-0.25, -0.2) is 4.79 Å². The number of nitrogens with zero attached hydrogens (tertiary/aromatic N) is 1. The van der Waals surface area contributed by atoms with Crippen molar-refractivity contribution in [2.45, 2.75) is 32.9 Å². The highest BCUT2D eigenvalue weighted by molar-refractivity contribution is 5.91. The molecular formula is C22H20F3NO2. The maximum atomic E-state index is 13.1. The third-order valence-electron chi connectivity index (χ3n) is 4.36. The highest BCUT2D eigenvalue weighted by Crippen LogP contribution is 2.40. The number of hydrogen-bond donors (Lipinski definition) is 0. The van der Waals surface area contributed by atoms with Gasteiger partial charge in [0.2, 0.25) is 0 Å². The minimum absolute atomic E-state index is 0.263. The summed E-state index contributed by atoms with van der Waals surface area (Å²) in [6.07, 6.45) is -1.28. The molecule has 0 spiro atoms. The Labute approximate surface area is 161 Å². The minimum atomic E-state index is -4.41. The summed E-state index contributed by atoms with van der Waals surface area (Å²) >= 11 is 0. The van der Waals surface area contributed by atoms with Gasteiger partial charge >= 0.3 is 12.1 Å². The van der Waals surface area contributed by atoms with Gasteiger partial charge in [-0.1, -0.05) is 25.1 Å². The molecule has 3 nitrogen and oxygen atoms in total. The molecule has 1 heterocycles. The van der Waals surface area contributed by atoms with Crippen LogP contribution in [0.3, 0.4) is 0 Å². The van der Waals surface area contributed by atoms with E-state index in [0.29, 0.717) is 28.9 Å². The number of fused-ring (bicyclic) bond motifs is 1. The molecule has 0 fully saturated rings. The highest BCUT2D eigenvalue weighted by atomic mass is 19.4. The Morgan fingerprint density at radius 3 is 2.61 bits per heavy atom. The third kappa shape index (κ3) is 3.97. The zero-order valence-corrected chi connectivity index (χ0v) is 15.6. The molecule has 0 radical (unpaired) electrons. The van der Waals surface area contributed by atoms with Crippen LogP contribution in [0.1, 0.15) is 48.2 Å². The van der Waals surface area contributed by atoms with Crippen LogP contribution in [0.5, 0.6) is 0 Å². The second kappa shape index (κ2) is 7.95. The summed E-state index contributed by atoms with van der Waals surface area (Å²) in [4.78, 5) is 13.9. The number of anilines is 2. The number of alkyl halides is 3. The van der Waals surface area contributed by atoms with E-state index in [1.54, 1.807) is 31.2 Å². The standard InChI is InChI=1S/C22H20F3NO2/c1-3-6-18-11-9-15-13-17(22(23,24)25)10-12-20(15)26(18)19-8-5-7-16(14-19)21(27)28-4-2/h5,7-10,12-14H,3-4,6H2,1-2H3. The fourth-order valence-corrected chi connectivity index (χ4v) is 3.12. The van der Waals surface area contributed by atoms with Crippen LogP contribution in [-0.4, -0.2) is 12.6 Å². The molecule has 146 valence electrons. The van der Waals surface area contributed by atoms with Crippen LogP contribution in [0.25, 0.3) is 6.08 Å². The number of halogens is 3. The molecule has 0 atom stereocenters. The van der Waals surface area contributed by atoms with E-state index in [1.165, 1.54) is 6.07 Å². The molecule has 3 rings (SSSR count). The smallest absolute Gasteiger partial charge is 0.416 e. The second-order valence-corrected chi connectivity index (χ2v) is 6.36. The molecule has 0 unspecified atom stereocenters. The fourth-order valence-electron chi connectivity index (χ4n) is 3.12. The Morgan fingerprint density at radius 1 is 1.14 bits per heavy atom. The largest absolute Gasteiger partial charge is 0.462 e. The summed E-state index contributed by atoms with van der Waals surface area (Å²) in [5, 5.41) is 0. The van der Waals surface area contributed by atoms with E-state index in [4.69, 9.17) is 4.74 Å². The second-order valence-electron chi connectivity index (χ2n) is 6.36. The van der Waals surface area contributed by atoms with Crippen molar-refractivity contribution in [3.8, 4) is 0 Å². The molecule has 6 heteroatoms. The van der Waals surface area contributed by atoms with E-state index < -0.39 is 17.7 Å². The number of carbonyl (C=O) groups is 1. The number of allylic oxidation sites excluding steroid dienone is 1. The Kier molecular flexibility index (Phi) is 5.61. The van der Waals surface area contributed by atoms with E-state index in [-0.39, 0.29) is 6.61 Å². The van der Waals surface area contributed by atoms with Crippen molar-refractivity contribution in [3.63, 3.8) is 0 Å². The lowest BCUT2D eigenvalue weighted by Crippen LogP contribution is -2.20. The molecular weight excluding hydrogens is 367 g/mol. The van der Waals surface area contributed by atoms with Crippen LogP contribution in [0.4, 0.5) is 24.5 Å². The number of esters is 1.